The minimum atomic E-state index is -1.35. The Morgan fingerprint density at radius 3 is 2.82 bits per heavy atom. The maximum absolute atomic E-state index is 11.5. The average molecular weight is 260 g/mol. The van der Waals surface area contributed by atoms with Crippen LogP contribution in [0, 0.1) is 0 Å². The normalized spacial score (nSPS) is 11.9. The molecular formula is C9H12N2O5S. The van der Waals surface area contributed by atoms with Gasteiger partial charge in [-0.25, -0.2) is 4.79 Å². The third-order valence-corrected chi connectivity index (χ3v) is 2.55. The number of carboxylic acids is 1. The van der Waals surface area contributed by atoms with Gasteiger partial charge in [0.25, 0.3) is 0 Å². The Kier molecular flexibility index (Phi) is 4.85. The number of amides is 1. The van der Waals surface area contributed by atoms with Gasteiger partial charge in [0.1, 0.15) is 5.69 Å². The monoisotopic (exact) mass is 260 g/mol. The van der Waals surface area contributed by atoms with E-state index < -0.39 is 18.1 Å². The highest BCUT2D eigenvalue weighted by Crippen LogP contribution is 2.19. The number of nitrogens with one attached hydrogen (secondary N) is 1. The third-order valence-electron chi connectivity index (χ3n) is 1.91. The van der Waals surface area contributed by atoms with Gasteiger partial charge in [0.15, 0.2) is 5.75 Å². The summed E-state index contributed by atoms with van der Waals surface area (Å²) in [5.41, 5.74) is 0.468. The maximum atomic E-state index is 11.5. The number of hydrogen-bond donors (Lipinski definition) is 2. The first-order chi connectivity index (χ1) is 8.08. The number of aliphatic carboxylic acids is 1. The fourth-order valence-corrected chi connectivity index (χ4v) is 1.77. The molecule has 17 heavy (non-hydrogen) atoms. The van der Waals surface area contributed by atoms with Gasteiger partial charge < -0.3 is 19.9 Å². The Balaban J connectivity index is 2.58. The Morgan fingerprint density at radius 1 is 1.59 bits per heavy atom. The molecule has 0 saturated carbocycles. The molecule has 0 spiro atoms. The topological polar surface area (TPSA) is 97.8 Å². The van der Waals surface area contributed by atoms with E-state index in [-0.39, 0.29) is 6.42 Å². The molecule has 0 aromatic carbocycles. The molecule has 0 radical (unpaired) electrons. The van der Waals surface area contributed by atoms with Crippen molar-refractivity contribution >= 4 is 23.4 Å². The second-order valence-electron chi connectivity index (χ2n) is 3.03. The Labute approximate surface area is 102 Å². The molecule has 1 rings (SSSR count). The summed E-state index contributed by atoms with van der Waals surface area (Å²) in [6.45, 7) is 0. The number of carboxylic acid groups (broad SMARTS) is 1. The third kappa shape index (κ3) is 3.68. The molecule has 7 nitrogen and oxygen atoms in total. The summed E-state index contributed by atoms with van der Waals surface area (Å²) in [5, 5.41) is 12.5. The lowest BCUT2D eigenvalue weighted by atomic mass is 10.3. The van der Waals surface area contributed by atoms with Gasteiger partial charge in [-0.3, -0.25) is 4.79 Å². The van der Waals surface area contributed by atoms with Crippen LogP contribution in [0.15, 0.2) is 5.38 Å². The van der Waals surface area contributed by atoms with E-state index in [0.717, 1.165) is 11.5 Å². The zero-order valence-corrected chi connectivity index (χ0v) is 10.1. The van der Waals surface area contributed by atoms with Crippen molar-refractivity contribution in [2.45, 2.75) is 12.6 Å². The minimum Gasteiger partial charge on any atom is -0.494 e. The van der Waals surface area contributed by atoms with Crippen molar-refractivity contribution in [3.8, 4) is 5.75 Å². The van der Waals surface area contributed by atoms with Crippen LogP contribution in [0.5, 0.6) is 5.75 Å². The van der Waals surface area contributed by atoms with E-state index in [9.17, 15) is 9.59 Å². The second kappa shape index (κ2) is 6.16. The summed E-state index contributed by atoms with van der Waals surface area (Å²) in [7, 11) is 2.67. The first-order valence-electron chi connectivity index (χ1n) is 4.60. The highest BCUT2D eigenvalue weighted by molar-refractivity contribution is 7.03. The quantitative estimate of drug-likeness (QED) is 0.691. The molecule has 0 aliphatic heterocycles. The smallest absolute Gasteiger partial charge is 0.354 e. The number of carbonyl (C=O) groups excluding carboxylic acids is 1. The average Bonchev–Trinajstić information content (AvgIpc) is 2.72. The number of nitrogens with zero attached hydrogens (tertiary/aromatic N) is 1. The van der Waals surface area contributed by atoms with Crippen LogP contribution >= 0.6 is 11.5 Å². The molecule has 1 aromatic heterocycles. The van der Waals surface area contributed by atoms with Crippen LogP contribution in [-0.2, 0) is 20.7 Å². The lowest BCUT2D eigenvalue weighted by molar-refractivity contribution is -0.153. The van der Waals surface area contributed by atoms with Gasteiger partial charge in [0.05, 0.1) is 18.9 Å². The molecule has 1 aromatic rings. The fraction of sp³-hybridized carbons (Fsp3) is 0.444. The molecule has 0 bridgehead atoms. The first kappa shape index (κ1) is 13.4. The largest absolute Gasteiger partial charge is 0.494 e. The van der Waals surface area contributed by atoms with Crippen molar-refractivity contribution in [1.82, 2.24) is 9.69 Å². The van der Waals surface area contributed by atoms with Gasteiger partial charge in [-0.15, -0.1) is 0 Å². The zero-order chi connectivity index (χ0) is 12.8. The molecular weight excluding hydrogens is 248 g/mol. The Hall–Kier alpha value is -1.67. The molecule has 1 unspecified atom stereocenters. The zero-order valence-electron chi connectivity index (χ0n) is 9.30. The maximum Gasteiger partial charge on any atom is 0.354 e. The lowest BCUT2D eigenvalue weighted by Crippen LogP contribution is -2.42. The van der Waals surface area contributed by atoms with E-state index in [2.05, 4.69) is 14.4 Å². The van der Waals surface area contributed by atoms with E-state index in [1.807, 2.05) is 0 Å². The van der Waals surface area contributed by atoms with Crippen molar-refractivity contribution in [3.63, 3.8) is 0 Å². The van der Waals surface area contributed by atoms with Crippen LogP contribution in [0.2, 0.25) is 0 Å². The summed E-state index contributed by atoms with van der Waals surface area (Å²) in [6.07, 6.45) is -1.41. The number of methoxy groups -OCH3 is 2. The fourth-order valence-electron chi connectivity index (χ4n) is 1.11. The van der Waals surface area contributed by atoms with Crippen molar-refractivity contribution in [2.24, 2.45) is 0 Å². The molecule has 94 valence electrons. The van der Waals surface area contributed by atoms with Gasteiger partial charge in [-0.05, 0) is 11.5 Å². The predicted octanol–water partition coefficient (Wildman–Crippen LogP) is -0.133. The van der Waals surface area contributed by atoms with Gasteiger partial charge in [0, 0.05) is 7.11 Å². The van der Waals surface area contributed by atoms with Crippen molar-refractivity contribution in [2.75, 3.05) is 14.2 Å². The standard InChI is InChI=1S/C9H12N2O5S/c1-15-6-4-17-11-5(6)3-7(12)10-8(16-2)9(13)14/h4,8H,3H2,1-2H3,(H,10,12)(H,13,14). The SMILES string of the molecule is COc1csnc1CC(=O)NC(OC)C(=O)O. The summed E-state index contributed by atoms with van der Waals surface area (Å²) < 4.78 is 13.5. The molecule has 1 heterocycles. The van der Waals surface area contributed by atoms with Crippen LogP contribution in [0.1, 0.15) is 5.69 Å². The van der Waals surface area contributed by atoms with Gasteiger partial charge in [-0.2, -0.15) is 4.37 Å². The van der Waals surface area contributed by atoms with Crippen LogP contribution in [0.4, 0.5) is 0 Å². The number of rotatable bonds is 6. The van der Waals surface area contributed by atoms with Crippen LogP contribution in [0.25, 0.3) is 0 Å². The molecule has 0 saturated heterocycles. The van der Waals surface area contributed by atoms with E-state index in [4.69, 9.17) is 9.84 Å². The molecule has 1 amide bonds. The molecule has 0 fully saturated rings. The second-order valence-corrected chi connectivity index (χ2v) is 3.66. The molecule has 8 heteroatoms. The van der Waals surface area contributed by atoms with Crippen LogP contribution in [0.3, 0.4) is 0 Å². The lowest BCUT2D eigenvalue weighted by Gasteiger charge is -2.11. The van der Waals surface area contributed by atoms with E-state index in [1.54, 1.807) is 5.38 Å². The van der Waals surface area contributed by atoms with E-state index in [0.29, 0.717) is 11.4 Å². The Morgan fingerprint density at radius 2 is 2.29 bits per heavy atom. The minimum absolute atomic E-state index is 0.0557. The van der Waals surface area contributed by atoms with Crippen LogP contribution < -0.4 is 10.1 Å². The molecule has 2 N–H and O–H groups in total. The summed E-state index contributed by atoms with van der Waals surface area (Å²) in [5.74, 6) is -1.25. The summed E-state index contributed by atoms with van der Waals surface area (Å²) in [6, 6.07) is 0. The van der Waals surface area contributed by atoms with Crippen molar-refractivity contribution in [1.29, 1.82) is 0 Å². The van der Waals surface area contributed by atoms with E-state index >= 15 is 0 Å². The summed E-state index contributed by atoms with van der Waals surface area (Å²) in [4.78, 5) is 22.1. The van der Waals surface area contributed by atoms with Crippen molar-refractivity contribution < 1.29 is 24.2 Å². The highest BCUT2D eigenvalue weighted by Gasteiger charge is 2.20. The number of carbonyl (C=O) groups is 2. The molecule has 0 aliphatic carbocycles. The van der Waals surface area contributed by atoms with Gasteiger partial charge in [-0.1, -0.05) is 0 Å². The Bertz CT molecular complexity index is 406. The van der Waals surface area contributed by atoms with Gasteiger partial charge >= 0.3 is 5.97 Å². The summed E-state index contributed by atoms with van der Waals surface area (Å²) >= 11 is 1.16. The van der Waals surface area contributed by atoms with Crippen molar-refractivity contribution in [3.05, 3.63) is 11.1 Å². The van der Waals surface area contributed by atoms with Crippen LogP contribution in [-0.4, -0.2) is 41.8 Å². The molecule has 1 atom stereocenters. The predicted molar refractivity (Wildman–Crippen MR) is 58.9 cm³/mol. The van der Waals surface area contributed by atoms with E-state index in [1.165, 1.54) is 14.2 Å². The number of ether oxygens (including phenoxy) is 2. The highest BCUT2D eigenvalue weighted by atomic mass is 32.1. The molecule has 0 aliphatic rings. The first-order valence-corrected chi connectivity index (χ1v) is 5.44. The number of aromatic nitrogens is 1. The number of hydrogen-bond acceptors (Lipinski definition) is 6. The van der Waals surface area contributed by atoms with Gasteiger partial charge in [0.2, 0.25) is 12.1 Å².